The Bertz CT molecular complexity index is 833. The van der Waals surface area contributed by atoms with Gasteiger partial charge in [-0.2, -0.15) is 0 Å². The number of sulfone groups is 1. The van der Waals surface area contributed by atoms with Gasteiger partial charge in [-0.15, -0.1) is 4.21 Å². The fraction of sp³-hybridized carbons (Fsp3) is 0.235. The van der Waals surface area contributed by atoms with Crippen molar-refractivity contribution in [3.05, 3.63) is 63.1 Å². The van der Waals surface area contributed by atoms with Crippen molar-refractivity contribution in [3.8, 4) is 0 Å². The summed E-state index contributed by atoms with van der Waals surface area (Å²) >= 11 is 11.8. The monoisotopic (exact) mass is 368 g/mol. The highest BCUT2D eigenvalue weighted by Crippen LogP contribution is 2.29. The summed E-state index contributed by atoms with van der Waals surface area (Å²) in [7, 11) is -3.48. The van der Waals surface area contributed by atoms with Crippen LogP contribution in [0.25, 0.3) is 0 Å². The summed E-state index contributed by atoms with van der Waals surface area (Å²) in [5, 5.41) is 0.731. The fourth-order valence-electron chi connectivity index (χ4n) is 2.71. The third-order valence-corrected chi connectivity index (χ3v) is 6.36. The molecule has 0 saturated heterocycles. The van der Waals surface area contributed by atoms with Crippen molar-refractivity contribution in [1.29, 1.82) is 0 Å². The van der Waals surface area contributed by atoms with Crippen LogP contribution in [-0.2, 0) is 37.8 Å². The molecule has 1 unspecified atom stereocenters. The van der Waals surface area contributed by atoms with Gasteiger partial charge in [-0.25, -0.2) is 0 Å². The lowest BCUT2D eigenvalue weighted by atomic mass is 9.91. The van der Waals surface area contributed by atoms with E-state index in [0.717, 1.165) is 11.1 Å². The highest BCUT2D eigenvalue weighted by atomic mass is 35.5. The van der Waals surface area contributed by atoms with E-state index in [0.29, 0.717) is 34.9 Å². The molecule has 2 aromatic rings. The summed E-state index contributed by atoms with van der Waals surface area (Å²) in [6, 6.07) is 9.82. The van der Waals surface area contributed by atoms with Crippen molar-refractivity contribution < 1.29 is 13.6 Å². The van der Waals surface area contributed by atoms with Crippen molar-refractivity contribution >= 4 is 39.2 Å². The van der Waals surface area contributed by atoms with Crippen molar-refractivity contribution in [3.63, 3.8) is 0 Å². The Labute approximate surface area is 145 Å². The Kier molecular flexibility index (Phi) is 4.61. The van der Waals surface area contributed by atoms with Gasteiger partial charge in [-0.05, 0) is 41.8 Å². The number of halogens is 2. The minimum Gasteiger partial charge on any atom is -0.610 e. The zero-order chi connectivity index (χ0) is 16.6. The minimum absolute atomic E-state index is 0.137. The molecule has 3 nitrogen and oxygen atoms in total. The second kappa shape index (κ2) is 6.36. The second-order valence-corrected chi connectivity index (χ2v) is 8.46. The van der Waals surface area contributed by atoms with E-state index in [1.165, 1.54) is 0 Å². The number of hydrogen-bond donors (Lipinski definition) is 0. The number of fused-ring (bicyclic) bond motifs is 1. The number of ketones is 1. The third-order valence-electron chi connectivity index (χ3n) is 3.94. The van der Waals surface area contributed by atoms with Crippen molar-refractivity contribution in [2.75, 3.05) is 0 Å². The molecule has 120 valence electrons. The van der Waals surface area contributed by atoms with Gasteiger partial charge in [0, 0.05) is 18.4 Å². The predicted octanol–water partition coefficient (Wildman–Crippen LogP) is 4.24. The molecule has 0 saturated carbocycles. The van der Waals surface area contributed by atoms with Gasteiger partial charge in [0.2, 0.25) is 0 Å². The van der Waals surface area contributed by atoms with Crippen molar-refractivity contribution in [2.45, 2.75) is 29.9 Å². The van der Waals surface area contributed by atoms with E-state index < -0.39 is 10.2 Å². The van der Waals surface area contributed by atoms with Gasteiger partial charge >= 0.3 is 0 Å². The van der Waals surface area contributed by atoms with Crippen LogP contribution in [0, 0.1) is 0 Å². The van der Waals surface area contributed by atoms with Gasteiger partial charge < -0.3 is 4.55 Å². The molecule has 0 aromatic heterocycles. The van der Waals surface area contributed by atoms with Crippen LogP contribution >= 0.6 is 23.2 Å². The number of carbonyl (C=O) groups is 1. The maximum atomic E-state index is 12.6. The van der Waals surface area contributed by atoms with Gasteiger partial charge in [0.1, 0.15) is 11.5 Å². The average molecular weight is 369 g/mol. The first-order valence-corrected chi connectivity index (χ1v) is 9.56. The Balaban J connectivity index is 1.88. The van der Waals surface area contributed by atoms with Gasteiger partial charge in [0.15, 0.2) is 4.90 Å². The summed E-state index contributed by atoms with van der Waals surface area (Å²) in [6.07, 6.45) is 1.47. The minimum atomic E-state index is -3.48. The second-order valence-electron chi connectivity index (χ2n) is 5.65. The first kappa shape index (κ1) is 16.7. The Hall–Kier alpha value is -1.20. The van der Waals surface area contributed by atoms with Crippen LogP contribution in [0.5, 0.6) is 0 Å². The van der Waals surface area contributed by atoms with Crippen LogP contribution in [-0.4, -0.2) is 10.3 Å². The molecule has 1 aliphatic rings. The lowest BCUT2D eigenvalue weighted by molar-refractivity contribution is -0.118. The summed E-state index contributed by atoms with van der Waals surface area (Å²) < 4.78 is 25.2. The van der Waals surface area contributed by atoms with E-state index in [1.807, 2.05) is 0 Å². The quantitative estimate of drug-likeness (QED) is 0.761. The first-order chi connectivity index (χ1) is 10.8. The lowest BCUT2D eigenvalue weighted by Gasteiger charge is -2.19. The van der Waals surface area contributed by atoms with Gasteiger partial charge in [0.05, 0.1) is 20.3 Å². The topological polar surface area (TPSA) is 57.2 Å². The van der Waals surface area contributed by atoms with Crippen LogP contribution in [0.1, 0.15) is 23.1 Å². The van der Waals surface area contributed by atoms with E-state index in [-0.39, 0.29) is 16.4 Å². The highest BCUT2D eigenvalue weighted by Gasteiger charge is 2.24. The molecule has 0 amide bonds. The maximum Gasteiger partial charge on any atom is 0.156 e. The number of hydrogen-bond acceptors (Lipinski definition) is 3. The summed E-state index contributed by atoms with van der Waals surface area (Å²) in [5.41, 5.74) is 2.46. The molecule has 1 aliphatic carbocycles. The third kappa shape index (κ3) is 3.66. The van der Waals surface area contributed by atoms with Crippen LogP contribution < -0.4 is 0 Å². The smallest absolute Gasteiger partial charge is 0.156 e. The number of Topliss-reactive ketones (excluding diaryl/α,β-unsaturated/α-hetero) is 1. The van der Waals surface area contributed by atoms with Crippen LogP contribution in [0.3, 0.4) is 0 Å². The van der Waals surface area contributed by atoms with E-state index in [4.69, 9.17) is 23.2 Å². The van der Waals surface area contributed by atoms with Gasteiger partial charge in [-0.3, -0.25) is 4.79 Å². The first-order valence-electron chi connectivity index (χ1n) is 7.15. The zero-order valence-corrected chi connectivity index (χ0v) is 14.5. The molecule has 0 radical (unpaired) electrons. The van der Waals surface area contributed by atoms with Gasteiger partial charge in [-0.1, -0.05) is 35.3 Å². The Morgan fingerprint density at radius 3 is 2.52 bits per heavy atom. The molecule has 0 aliphatic heterocycles. The average Bonchev–Trinajstić information content (AvgIpc) is 2.50. The van der Waals surface area contributed by atoms with Crippen molar-refractivity contribution in [1.82, 2.24) is 0 Å². The summed E-state index contributed by atoms with van der Waals surface area (Å²) in [4.78, 5) is 11.7. The number of carbonyl (C=O) groups excluding carboxylic acids is 1. The van der Waals surface area contributed by atoms with Crippen LogP contribution in [0.15, 0.2) is 41.3 Å². The number of aryl methyl sites for hydroxylation is 1. The predicted molar refractivity (Wildman–Crippen MR) is 90.7 cm³/mol. The van der Waals surface area contributed by atoms with E-state index in [9.17, 15) is 13.6 Å². The standard InChI is InChI=1S/C17H14Cl2O3S/c18-16-6-1-11(7-17(16)19)10-23(21,22)15-5-3-12-8-14(20)4-2-13(12)9-15/h1,3,5-7,9H,2,4,8,10H2. The highest BCUT2D eigenvalue weighted by molar-refractivity contribution is 7.96. The molecular formula is C17H14Cl2O3S. The molecular weight excluding hydrogens is 355 g/mol. The summed E-state index contributed by atoms with van der Waals surface area (Å²) in [6.45, 7) is 0. The zero-order valence-electron chi connectivity index (χ0n) is 12.2. The Morgan fingerprint density at radius 1 is 1.00 bits per heavy atom. The van der Waals surface area contributed by atoms with Crippen LogP contribution in [0.4, 0.5) is 0 Å². The molecule has 2 aromatic carbocycles. The molecule has 0 bridgehead atoms. The van der Waals surface area contributed by atoms with Crippen LogP contribution in [0.2, 0.25) is 10.0 Å². The number of benzene rings is 2. The molecule has 0 spiro atoms. The summed E-state index contributed by atoms with van der Waals surface area (Å²) in [5.74, 6) is 0.0608. The maximum absolute atomic E-state index is 12.6. The molecule has 0 heterocycles. The number of rotatable bonds is 3. The van der Waals surface area contributed by atoms with E-state index in [2.05, 4.69) is 0 Å². The lowest BCUT2D eigenvalue weighted by Crippen LogP contribution is -2.17. The molecule has 23 heavy (non-hydrogen) atoms. The van der Waals surface area contributed by atoms with E-state index in [1.54, 1.807) is 36.4 Å². The molecule has 1 atom stereocenters. The molecule has 0 N–H and O–H groups in total. The van der Waals surface area contributed by atoms with Crippen molar-refractivity contribution in [2.24, 2.45) is 0 Å². The molecule has 3 rings (SSSR count). The molecule has 6 heteroatoms. The van der Waals surface area contributed by atoms with Gasteiger partial charge in [0.25, 0.3) is 0 Å². The normalized spacial score (nSPS) is 16.7. The Morgan fingerprint density at radius 2 is 1.78 bits per heavy atom. The SMILES string of the molecule is O=C1CCc2cc([S+](=O)([O-])Cc3ccc(Cl)c(Cl)c3)ccc2C1. The largest absolute Gasteiger partial charge is 0.610 e. The van der Waals surface area contributed by atoms with E-state index >= 15 is 0 Å². The molecule has 0 fully saturated rings. The fourth-order valence-corrected chi connectivity index (χ4v) is 4.41.